The molecule has 0 amide bonds. The van der Waals surface area contributed by atoms with E-state index >= 15 is 0 Å². The lowest BCUT2D eigenvalue weighted by molar-refractivity contribution is 0.504. The van der Waals surface area contributed by atoms with Crippen LogP contribution in [0.1, 0.15) is 480 Å². The van der Waals surface area contributed by atoms with E-state index in [-0.39, 0.29) is 59.4 Å². The fourth-order valence-electron chi connectivity index (χ4n) is 3.65. The first-order valence-electron chi connectivity index (χ1n) is 32.5. The smallest absolute Gasteiger partial charge is 0.0471 e. The Hall–Kier alpha value is 0. The molecule has 0 unspecified atom stereocenters. The van der Waals surface area contributed by atoms with Gasteiger partial charge >= 0.3 is 0 Å². The average Bonchev–Trinajstić information content (AvgIpc) is 3.08. The Morgan fingerprint density at radius 1 is 0.162 bits per heavy atom. The Kier molecular flexibility index (Phi) is 248. The molecule has 0 radical (unpaired) electrons. The van der Waals surface area contributed by atoms with Crippen LogP contribution in [0.15, 0.2) is 0 Å². The molecule has 0 bridgehead atoms. The van der Waals surface area contributed by atoms with Crippen LogP contribution in [0.2, 0.25) is 0 Å². The first kappa shape index (κ1) is 121. The SMILES string of the molecule is C.C.C.C.C.C.C.C.C1CCC1.C1CCC1.C1CCC1.C1CCC1.C1CCC1.C1CCC1.C1CCC1.C1CCC1.C1CCC1.C1CCC1.CC.CC.CC.CC.CC.CC.CC.CCCC(C)C.CCCC(C)C. The standard InChI is InChI=1S/2C6H14.10C4H8.7C2H6.8CH4/c2*1-4-5-6(2)3;10*1-2-4-3-1;7*1-2;;;;;;;;/h2*6H,4-5H2,1-3H3;10*1-4H2;7*1-2H3;8*1H4. The van der Waals surface area contributed by atoms with Crippen molar-refractivity contribution in [3.8, 4) is 0 Å². The quantitative estimate of drug-likeness (QED) is 0.263. The van der Waals surface area contributed by atoms with Crippen LogP contribution in [0.3, 0.4) is 0 Å². The van der Waals surface area contributed by atoms with Crippen molar-refractivity contribution in [2.45, 2.75) is 480 Å². The molecule has 0 spiro atoms. The van der Waals surface area contributed by atoms with Gasteiger partial charge in [0.2, 0.25) is 0 Å². The van der Waals surface area contributed by atoms with E-state index in [1.54, 1.807) is 0 Å². The summed E-state index contributed by atoms with van der Waals surface area (Å²) >= 11 is 0. The van der Waals surface area contributed by atoms with Gasteiger partial charge in [0.05, 0.1) is 0 Å². The summed E-state index contributed by atoms with van der Waals surface area (Å²) in [7, 11) is 0. The lowest BCUT2D eigenvalue weighted by Gasteiger charge is -2.05. The monoisotopic (exact) mass is 1070 g/mol. The van der Waals surface area contributed by atoms with Crippen LogP contribution >= 0.6 is 0 Å². The van der Waals surface area contributed by atoms with E-state index in [0.717, 1.165) is 11.8 Å². The highest BCUT2D eigenvalue weighted by atomic mass is 14.1. The minimum absolute atomic E-state index is 0. The summed E-state index contributed by atoms with van der Waals surface area (Å²) in [6.45, 7) is 41.5. The Morgan fingerprint density at radius 2 is 0.216 bits per heavy atom. The van der Waals surface area contributed by atoms with Gasteiger partial charge in [-0.15, -0.1) is 0 Å². The van der Waals surface area contributed by atoms with Gasteiger partial charge in [0.1, 0.15) is 0 Å². The molecule has 10 fully saturated rings. The van der Waals surface area contributed by atoms with Crippen molar-refractivity contribution in [2.75, 3.05) is 0 Å². The maximum Gasteiger partial charge on any atom is -0.0471 e. The van der Waals surface area contributed by atoms with Crippen molar-refractivity contribution >= 4 is 0 Å². The van der Waals surface area contributed by atoms with E-state index in [1.807, 2.05) is 96.9 Å². The first-order chi connectivity index (χ1) is 32.5. The fourth-order valence-corrected chi connectivity index (χ4v) is 3.65. The first-order valence-corrected chi connectivity index (χ1v) is 32.5. The van der Waals surface area contributed by atoms with Crippen molar-refractivity contribution in [3.05, 3.63) is 0 Å². The summed E-state index contributed by atoms with van der Waals surface area (Å²) in [6.07, 6.45) is 65.4. The number of rotatable bonds is 4. The summed E-state index contributed by atoms with van der Waals surface area (Å²) in [6, 6.07) is 0. The number of hydrogen-bond acceptors (Lipinski definition) is 0. The summed E-state index contributed by atoms with van der Waals surface area (Å²) in [5.41, 5.74) is 0. The van der Waals surface area contributed by atoms with Crippen molar-refractivity contribution in [3.63, 3.8) is 0 Å². The zero-order chi connectivity index (χ0) is 52.3. The molecule has 0 nitrogen and oxygen atoms in total. The van der Waals surface area contributed by atoms with Crippen molar-refractivity contribution in [1.82, 2.24) is 0 Å². The molecule has 478 valence electrons. The molecule has 74 heavy (non-hydrogen) atoms. The number of hydrogen-bond donors (Lipinski definition) is 0. The van der Waals surface area contributed by atoms with E-state index in [9.17, 15) is 0 Å². The second-order valence-corrected chi connectivity index (χ2v) is 18.5. The third-order valence-electron chi connectivity index (χ3n) is 11.7. The van der Waals surface area contributed by atoms with Crippen molar-refractivity contribution < 1.29 is 0 Å². The predicted octanol–water partition coefficient (Wildman–Crippen LogP) is 32.8. The highest BCUT2D eigenvalue weighted by molar-refractivity contribution is 4.54. The van der Waals surface area contributed by atoms with Gasteiger partial charge < -0.3 is 0 Å². The van der Waals surface area contributed by atoms with E-state index in [4.69, 9.17) is 0 Å². The Bertz CT molecular complexity index is 338. The summed E-state index contributed by atoms with van der Waals surface area (Å²) < 4.78 is 0. The summed E-state index contributed by atoms with van der Waals surface area (Å²) in [5, 5.41) is 0. The van der Waals surface area contributed by atoms with E-state index in [2.05, 4.69) is 41.5 Å². The minimum Gasteiger partial charge on any atom is -0.0776 e. The van der Waals surface area contributed by atoms with Gasteiger partial charge in [-0.3, -0.25) is 0 Å². The molecule has 10 rings (SSSR count). The molecule has 0 aromatic carbocycles. The van der Waals surface area contributed by atoms with Crippen LogP contribution < -0.4 is 0 Å². The van der Waals surface area contributed by atoms with Crippen LogP contribution in [-0.4, -0.2) is 0 Å². The molecule has 10 aliphatic carbocycles. The van der Waals surface area contributed by atoms with Gasteiger partial charge in [0.25, 0.3) is 0 Å². The Labute approximate surface area is 489 Å². The van der Waals surface area contributed by atoms with Crippen LogP contribution in [-0.2, 0) is 0 Å². The van der Waals surface area contributed by atoms with E-state index in [1.165, 1.54) is 283 Å². The molecule has 0 aromatic rings. The zero-order valence-electron chi connectivity index (χ0n) is 52.3. The van der Waals surface area contributed by atoms with Crippen LogP contribution in [0.4, 0.5) is 0 Å². The molecule has 0 saturated heterocycles. The molecule has 0 heteroatoms. The molecule has 0 heterocycles. The second-order valence-electron chi connectivity index (χ2n) is 18.5. The topological polar surface area (TPSA) is 0 Å². The average molecular weight is 1070 g/mol. The molecule has 0 N–H and O–H groups in total. The normalized spacial score (nSPS) is 15.2. The third kappa shape index (κ3) is 172. The molecule has 0 aliphatic heterocycles. The van der Waals surface area contributed by atoms with Crippen LogP contribution in [0.25, 0.3) is 0 Å². The summed E-state index contributed by atoms with van der Waals surface area (Å²) in [4.78, 5) is 0. The minimum atomic E-state index is 0. The largest absolute Gasteiger partial charge is 0.0776 e. The molecule has 0 atom stereocenters. The molecule has 0 aromatic heterocycles. The molecular formula is C74H182. The molecule has 10 saturated carbocycles. The van der Waals surface area contributed by atoms with Gasteiger partial charge in [0.15, 0.2) is 0 Å². The van der Waals surface area contributed by atoms with Crippen LogP contribution in [0, 0.1) is 11.8 Å². The van der Waals surface area contributed by atoms with Gasteiger partial charge in [-0.25, -0.2) is 0 Å². The fraction of sp³-hybridized carbons (Fsp3) is 1.00. The zero-order valence-corrected chi connectivity index (χ0v) is 52.3. The van der Waals surface area contributed by atoms with Crippen LogP contribution in [0.5, 0.6) is 0 Å². The lowest BCUT2D eigenvalue weighted by atomic mass is 10.0. The second kappa shape index (κ2) is 151. The van der Waals surface area contributed by atoms with Gasteiger partial charge in [-0.05, 0) is 11.8 Å². The van der Waals surface area contributed by atoms with Gasteiger partial charge in [-0.2, -0.15) is 0 Å². The van der Waals surface area contributed by atoms with E-state index < -0.39 is 0 Å². The van der Waals surface area contributed by atoms with Gasteiger partial charge in [0, 0.05) is 0 Å². The predicted molar refractivity (Wildman–Crippen MR) is 377 cm³/mol. The van der Waals surface area contributed by atoms with Gasteiger partial charge in [-0.1, -0.05) is 480 Å². The summed E-state index contributed by atoms with van der Waals surface area (Å²) in [5.74, 6) is 1.80. The van der Waals surface area contributed by atoms with E-state index in [0.29, 0.717) is 0 Å². The highest BCUT2D eigenvalue weighted by Gasteiger charge is 1.99. The maximum atomic E-state index is 2.25. The van der Waals surface area contributed by atoms with Crippen molar-refractivity contribution in [2.24, 2.45) is 11.8 Å². The Balaban J connectivity index is -0.0000000310. The lowest BCUT2D eigenvalue weighted by Crippen LogP contribution is -1.85. The molecule has 10 aliphatic rings. The Morgan fingerprint density at radius 3 is 0.216 bits per heavy atom. The molecular weight excluding hydrogens is 889 g/mol. The highest BCUT2D eigenvalue weighted by Crippen LogP contribution is 2.18. The van der Waals surface area contributed by atoms with Crippen molar-refractivity contribution in [1.29, 1.82) is 0 Å². The third-order valence-corrected chi connectivity index (χ3v) is 11.7. The maximum absolute atomic E-state index is 2.25.